The first kappa shape index (κ1) is 28.2. The summed E-state index contributed by atoms with van der Waals surface area (Å²) in [6, 6.07) is 20.9. The molecule has 1 atom stereocenters. The first-order chi connectivity index (χ1) is 17.5. The summed E-state index contributed by atoms with van der Waals surface area (Å²) >= 11 is 6.02. The van der Waals surface area contributed by atoms with Gasteiger partial charge in [-0.1, -0.05) is 54.1 Å². The number of sulfonamides is 1. The molecule has 1 N–H and O–H groups in total. The molecule has 3 rings (SSSR count). The van der Waals surface area contributed by atoms with Gasteiger partial charge in [-0.2, -0.15) is 0 Å². The first-order valence-electron chi connectivity index (χ1n) is 12.0. The third-order valence-corrected chi connectivity index (χ3v) is 7.80. The van der Waals surface area contributed by atoms with Gasteiger partial charge >= 0.3 is 0 Å². The van der Waals surface area contributed by atoms with Gasteiger partial charge in [0, 0.05) is 17.6 Å². The van der Waals surface area contributed by atoms with Gasteiger partial charge in [0.25, 0.3) is 10.0 Å². The highest BCUT2D eigenvalue weighted by molar-refractivity contribution is 7.92. The van der Waals surface area contributed by atoms with E-state index < -0.39 is 28.5 Å². The summed E-state index contributed by atoms with van der Waals surface area (Å²) in [6.45, 7) is 6.78. The fraction of sp³-hybridized carbons (Fsp3) is 0.286. The molecule has 0 aromatic heterocycles. The van der Waals surface area contributed by atoms with Crippen LogP contribution in [0.3, 0.4) is 0 Å². The quantitative estimate of drug-likeness (QED) is 0.400. The number of amides is 2. The Balaban J connectivity index is 2.01. The molecule has 196 valence electrons. The Bertz CT molecular complexity index is 1330. The van der Waals surface area contributed by atoms with Crippen LogP contribution in [0.1, 0.15) is 31.9 Å². The number of carbonyl (C=O) groups is 2. The van der Waals surface area contributed by atoms with Crippen molar-refractivity contribution in [2.75, 3.05) is 10.8 Å². The first-order valence-corrected chi connectivity index (χ1v) is 13.8. The van der Waals surface area contributed by atoms with E-state index in [-0.39, 0.29) is 23.4 Å². The topological polar surface area (TPSA) is 86.8 Å². The number of aryl methyl sites for hydroxylation is 1. The number of nitrogens with one attached hydrogen (secondary N) is 1. The molecule has 0 unspecified atom stereocenters. The summed E-state index contributed by atoms with van der Waals surface area (Å²) in [5, 5.41) is 3.38. The smallest absolute Gasteiger partial charge is 0.264 e. The van der Waals surface area contributed by atoms with Crippen LogP contribution in [-0.2, 0) is 26.2 Å². The normalized spacial score (nSPS) is 12.2. The predicted molar refractivity (Wildman–Crippen MR) is 147 cm³/mol. The van der Waals surface area contributed by atoms with Crippen molar-refractivity contribution in [1.29, 1.82) is 0 Å². The third-order valence-electron chi connectivity index (χ3n) is 5.76. The van der Waals surface area contributed by atoms with Crippen molar-refractivity contribution in [2.45, 2.75) is 51.2 Å². The zero-order chi connectivity index (χ0) is 27.2. The van der Waals surface area contributed by atoms with E-state index in [4.69, 9.17) is 11.6 Å². The van der Waals surface area contributed by atoms with Crippen molar-refractivity contribution in [3.8, 4) is 0 Å². The lowest BCUT2D eigenvalue weighted by atomic mass is 10.1. The SMILES string of the molecule is Cc1cccc(N(CC(=O)N(Cc2ccc(Cl)cc2)[C@H](C)C(=O)NC(C)C)S(=O)(=O)c2ccccc2)c1. The van der Waals surface area contributed by atoms with Crippen LogP contribution in [0.15, 0.2) is 83.8 Å². The van der Waals surface area contributed by atoms with Crippen molar-refractivity contribution in [3.05, 3.63) is 95.0 Å². The number of nitrogens with zero attached hydrogens (tertiary/aromatic N) is 2. The average Bonchev–Trinajstić information content (AvgIpc) is 2.86. The van der Waals surface area contributed by atoms with Crippen LogP contribution in [0.5, 0.6) is 0 Å². The van der Waals surface area contributed by atoms with Gasteiger partial charge in [-0.25, -0.2) is 8.42 Å². The molecule has 0 aliphatic rings. The lowest BCUT2D eigenvalue weighted by Gasteiger charge is -2.32. The Morgan fingerprint density at radius 2 is 1.57 bits per heavy atom. The van der Waals surface area contributed by atoms with Crippen molar-refractivity contribution in [2.24, 2.45) is 0 Å². The second-order valence-corrected chi connectivity index (χ2v) is 11.4. The van der Waals surface area contributed by atoms with E-state index in [1.54, 1.807) is 67.6 Å². The lowest BCUT2D eigenvalue weighted by Crippen LogP contribution is -2.52. The van der Waals surface area contributed by atoms with Gasteiger partial charge in [0.05, 0.1) is 10.6 Å². The highest BCUT2D eigenvalue weighted by atomic mass is 35.5. The van der Waals surface area contributed by atoms with Crippen molar-refractivity contribution in [1.82, 2.24) is 10.2 Å². The van der Waals surface area contributed by atoms with Gasteiger partial charge in [-0.3, -0.25) is 13.9 Å². The average molecular weight is 542 g/mol. The van der Waals surface area contributed by atoms with Gasteiger partial charge in [0.15, 0.2) is 0 Å². The summed E-state index contributed by atoms with van der Waals surface area (Å²) in [6.07, 6.45) is 0. The minimum absolute atomic E-state index is 0.0687. The molecule has 3 aromatic rings. The zero-order valence-electron chi connectivity index (χ0n) is 21.4. The largest absolute Gasteiger partial charge is 0.352 e. The van der Waals surface area contributed by atoms with Crippen LogP contribution >= 0.6 is 11.6 Å². The maximum Gasteiger partial charge on any atom is 0.264 e. The molecule has 2 amide bonds. The van der Waals surface area contributed by atoms with Crippen LogP contribution in [0.4, 0.5) is 5.69 Å². The fourth-order valence-corrected chi connectivity index (χ4v) is 5.36. The second kappa shape index (κ2) is 12.3. The van der Waals surface area contributed by atoms with Crippen LogP contribution in [0.25, 0.3) is 0 Å². The minimum Gasteiger partial charge on any atom is -0.352 e. The molecule has 0 saturated carbocycles. The number of anilines is 1. The van der Waals surface area contributed by atoms with E-state index in [1.807, 2.05) is 26.8 Å². The molecule has 9 heteroatoms. The Morgan fingerprint density at radius 1 is 0.919 bits per heavy atom. The Kier molecular flexibility index (Phi) is 9.34. The summed E-state index contributed by atoms with van der Waals surface area (Å²) in [5.41, 5.74) is 1.97. The monoisotopic (exact) mass is 541 g/mol. The summed E-state index contributed by atoms with van der Waals surface area (Å²) < 4.78 is 28.5. The van der Waals surface area contributed by atoms with Gasteiger partial charge in [0.1, 0.15) is 12.6 Å². The molecule has 7 nitrogen and oxygen atoms in total. The van der Waals surface area contributed by atoms with Crippen LogP contribution < -0.4 is 9.62 Å². The van der Waals surface area contributed by atoms with E-state index >= 15 is 0 Å². The van der Waals surface area contributed by atoms with Crippen LogP contribution in [0.2, 0.25) is 5.02 Å². The molecule has 0 saturated heterocycles. The Morgan fingerprint density at radius 3 is 2.16 bits per heavy atom. The van der Waals surface area contributed by atoms with Crippen LogP contribution in [0, 0.1) is 6.92 Å². The number of carbonyl (C=O) groups excluding carboxylic acids is 2. The molecule has 0 heterocycles. The molecular weight excluding hydrogens is 510 g/mol. The summed E-state index contributed by atoms with van der Waals surface area (Å²) in [7, 11) is -4.08. The number of halogens is 1. The minimum atomic E-state index is -4.08. The molecule has 37 heavy (non-hydrogen) atoms. The zero-order valence-corrected chi connectivity index (χ0v) is 23.0. The van der Waals surface area contributed by atoms with E-state index in [1.165, 1.54) is 17.0 Å². The van der Waals surface area contributed by atoms with E-state index in [0.29, 0.717) is 10.7 Å². The van der Waals surface area contributed by atoms with Crippen molar-refractivity contribution >= 4 is 39.1 Å². The highest BCUT2D eigenvalue weighted by Gasteiger charge is 2.32. The van der Waals surface area contributed by atoms with Gasteiger partial charge in [0.2, 0.25) is 11.8 Å². The maximum absolute atomic E-state index is 13.8. The molecule has 0 aliphatic carbocycles. The summed E-state index contributed by atoms with van der Waals surface area (Å²) in [4.78, 5) is 28.2. The highest BCUT2D eigenvalue weighted by Crippen LogP contribution is 2.25. The van der Waals surface area contributed by atoms with E-state index in [9.17, 15) is 18.0 Å². The Labute approximate surface area is 224 Å². The van der Waals surface area contributed by atoms with Gasteiger partial charge < -0.3 is 10.2 Å². The van der Waals surface area contributed by atoms with Crippen molar-refractivity contribution in [3.63, 3.8) is 0 Å². The lowest BCUT2D eigenvalue weighted by molar-refractivity contribution is -0.139. The maximum atomic E-state index is 13.8. The van der Waals surface area contributed by atoms with E-state index in [0.717, 1.165) is 15.4 Å². The number of hydrogen-bond acceptors (Lipinski definition) is 4. The fourth-order valence-electron chi connectivity index (χ4n) is 3.81. The molecular formula is C28H32ClN3O4S. The van der Waals surface area contributed by atoms with Crippen LogP contribution in [-0.4, -0.2) is 43.8 Å². The number of benzene rings is 3. The van der Waals surface area contributed by atoms with Gasteiger partial charge in [-0.15, -0.1) is 0 Å². The van der Waals surface area contributed by atoms with Gasteiger partial charge in [-0.05, 0) is 75.2 Å². The van der Waals surface area contributed by atoms with Crippen molar-refractivity contribution < 1.29 is 18.0 Å². The molecule has 0 radical (unpaired) electrons. The molecule has 0 bridgehead atoms. The molecule has 0 aliphatic heterocycles. The molecule has 0 fully saturated rings. The predicted octanol–water partition coefficient (Wildman–Crippen LogP) is 4.79. The molecule has 0 spiro atoms. The molecule has 3 aromatic carbocycles. The number of rotatable bonds is 10. The Hall–Kier alpha value is -3.36. The van der Waals surface area contributed by atoms with E-state index in [2.05, 4.69) is 5.32 Å². The number of hydrogen-bond donors (Lipinski definition) is 1. The second-order valence-electron chi connectivity index (χ2n) is 9.15. The summed E-state index contributed by atoms with van der Waals surface area (Å²) in [5.74, 6) is -0.840. The standard InChI is InChI=1S/C28H32ClN3O4S/c1-20(2)30-28(34)22(4)31(18-23-13-15-24(29)16-14-23)27(33)19-32(25-10-8-9-21(3)17-25)37(35,36)26-11-6-5-7-12-26/h5-17,20,22H,18-19H2,1-4H3,(H,30,34)/t22-/m1/s1. The third kappa shape index (κ3) is 7.33.